The molecule has 0 aliphatic rings. The number of terminal acetylenes is 1. The molecule has 0 aliphatic heterocycles. The van der Waals surface area contributed by atoms with Gasteiger partial charge in [0, 0.05) is 18.4 Å². The van der Waals surface area contributed by atoms with Crippen molar-refractivity contribution in [1.82, 2.24) is 15.2 Å². The van der Waals surface area contributed by atoms with Crippen LogP contribution in [-0.4, -0.2) is 40.1 Å². The Kier molecular flexibility index (Phi) is 5.35. The van der Waals surface area contributed by atoms with Crippen molar-refractivity contribution in [2.45, 2.75) is 13.5 Å². The van der Waals surface area contributed by atoms with Crippen molar-refractivity contribution in [3.05, 3.63) is 29.6 Å². The lowest BCUT2D eigenvalue weighted by Crippen LogP contribution is -2.42. The van der Waals surface area contributed by atoms with E-state index in [0.29, 0.717) is 0 Å². The van der Waals surface area contributed by atoms with E-state index in [0.717, 1.165) is 16.2 Å². The number of urea groups is 1. The Morgan fingerprint density at radius 3 is 2.79 bits per heavy atom. The summed E-state index contributed by atoms with van der Waals surface area (Å²) in [5, 5.41) is 11.3. The molecule has 0 saturated heterocycles. The fourth-order valence-electron chi connectivity index (χ4n) is 1.37. The van der Waals surface area contributed by atoms with Gasteiger partial charge in [0.25, 0.3) is 0 Å². The molecule has 0 aliphatic carbocycles. The van der Waals surface area contributed by atoms with Crippen LogP contribution in [0.4, 0.5) is 4.79 Å². The van der Waals surface area contributed by atoms with Gasteiger partial charge in [0.2, 0.25) is 0 Å². The standard InChI is InChI=1S/C13H15N3O3/c1-3-6-16(9-12(17)18)13(19)15-8-11-5-4-10(2)14-7-11/h1,4-5,7H,6,8-9H2,2H3,(H,15,19)(H,17,18). The Morgan fingerprint density at radius 1 is 1.53 bits per heavy atom. The summed E-state index contributed by atoms with van der Waals surface area (Å²) >= 11 is 0. The molecule has 100 valence electrons. The molecular formula is C13H15N3O3. The number of carbonyl (C=O) groups excluding carboxylic acids is 1. The molecule has 6 nitrogen and oxygen atoms in total. The number of amides is 2. The summed E-state index contributed by atoms with van der Waals surface area (Å²) in [5.74, 6) is 1.14. The number of carboxylic acid groups (broad SMARTS) is 1. The van der Waals surface area contributed by atoms with E-state index in [1.165, 1.54) is 0 Å². The molecule has 1 rings (SSSR count). The SMILES string of the molecule is C#CCN(CC(=O)O)C(=O)NCc1ccc(C)nc1. The van der Waals surface area contributed by atoms with Gasteiger partial charge in [-0.25, -0.2) is 4.79 Å². The summed E-state index contributed by atoms with van der Waals surface area (Å²) < 4.78 is 0. The van der Waals surface area contributed by atoms with Gasteiger partial charge in [-0.3, -0.25) is 9.78 Å². The number of hydrogen-bond acceptors (Lipinski definition) is 3. The van der Waals surface area contributed by atoms with Gasteiger partial charge in [-0.15, -0.1) is 6.42 Å². The van der Waals surface area contributed by atoms with E-state index in [-0.39, 0.29) is 13.1 Å². The molecule has 0 bridgehead atoms. The average molecular weight is 261 g/mol. The molecule has 0 saturated carbocycles. The number of aryl methyl sites for hydroxylation is 1. The summed E-state index contributed by atoms with van der Waals surface area (Å²) in [4.78, 5) is 27.5. The smallest absolute Gasteiger partial charge is 0.323 e. The van der Waals surface area contributed by atoms with E-state index in [1.807, 2.05) is 19.1 Å². The molecule has 19 heavy (non-hydrogen) atoms. The van der Waals surface area contributed by atoms with Crippen LogP contribution in [0.15, 0.2) is 18.3 Å². The molecular weight excluding hydrogens is 246 g/mol. The van der Waals surface area contributed by atoms with E-state index in [1.54, 1.807) is 6.20 Å². The molecule has 6 heteroatoms. The van der Waals surface area contributed by atoms with Crippen molar-refractivity contribution in [1.29, 1.82) is 0 Å². The number of nitrogens with one attached hydrogen (secondary N) is 1. The molecule has 0 radical (unpaired) electrons. The quantitative estimate of drug-likeness (QED) is 0.761. The number of aromatic nitrogens is 1. The number of hydrogen-bond donors (Lipinski definition) is 2. The van der Waals surface area contributed by atoms with Crippen molar-refractivity contribution in [3.63, 3.8) is 0 Å². The Labute approximate surface area is 111 Å². The highest BCUT2D eigenvalue weighted by molar-refractivity contribution is 5.80. The Morgan fingerprint density at radius 2 is 2.26 bits per heavy atom. The Hall–Kier alpha value is -2.55. The van der Waals surface area contributed by atoms with Gasteiger partial charge in [-0.1, -0.05) is 12.0 Å². The van der Waals surface area contributed by atoms with E-state index >= 15 is 0 Å². The second-order valence-corrected chi connectivity index (χ2v) is 3.92. The van der Waals surface area contributed by atoms with Crippen LogP contribution >= 0.6 is 0 Å². The summed E-state index contributed by atoms with van der Waals surface area (Å²) in [6.07, 6.45) is 6.74. The molecule has 1 aromatic rings. The van der Waals surface area contributed by atoms with Crippen LogP contribution in [0.2, 0.25) is 0 Å². The van der Waals surface area contributed by atoms with Crippen LogP contribution in [0.5, 0.6) is 0 Å². The summed E-state index contributed by atoms with van der Waals surface area (Å²) in [7, 11) is 0. The van der Waals surface area contributed by atoms with Crippen LogP contribution in [0, 0.1) is 19.3 Å². The van der Waals surface area contributed by atoms with Crippen molar-refractivity contribution in [3.8, 4) is 12.3 Å². The normalized spacial score (nSPS) is 9.47. The van der Waals surface area contributed by atoms with Crippen LogP contribution in [0.3, 0.4) is 0 Å². The minimum atomic E-state index is -1.11. The summed E-state index contributed by atoms with van der Waals surface area (Å²) in [6.45, 7) is 1.66. The number of carbonyl (C=O) groups is 2. The first-order valence-electron chi connectivity index (χ1n) is 5.62. The van der Waals surface area contributed by atoms with Gasteiger partial charge in [-0.2, -0.15) is 0 Å². The van der Waals surface area contributed by atoms with Gasteiger partial charge in [-0.05, 0) is 18.6 Å². The topological polar surface area (TPSA) is 82.5 Å². The molecule has 1 aromatic heterocycles. The van der Waals surface area contributed by atoms with Gasteiger partial charge in [0.1, 0.15) is 6.54 Å². The van der Waals surface area contributed by atoms with Crippen molar-refractivity contribution in [2.75, 3.05) is 13.1 Å². The zero-order valence-electron chi connectivity index (χ0n) is 10.6. The van der Waals surface area contributed by atoms with E-state index in [9.17, 15) is 9.59 Å². The summed E-state index contributed by atoms with van der Waals surface area (Å²) in [6, 6.07) is 3.16. The lowest BCUT2D eigenvalue weighted by atomic mass is 10.2. The van der Waals surface area contributed by atoms with Crippen LogP contribution < -0.4 is 5.32 Å². The third-order valence-electron chi connectivity index (χ3n) is 2.31. The lowest BCUT2D eigenvalue weighted by Gasteiger charge is -2.18. The van der Waals surface area contributed by atoms with Gasteiger partial charge in [0.15, 0.2) is 0 Å². The Balaban J connectivity index is 2.54. The first-order valence-corrected chi connectivity index (χ1v) is 5.62. The number of carboxylic acids is 1. The third-order valence-corrected chi connectivity index (χ3v) is 2.31. The minimum Gasteiger partial charge on any atom is -0.480 e. The number of nitrogens with zero attached hydrogens (tertiary/aromatic N) is 2. The van der Waals surface area contributed by atoms with Crippen molar-refractivity contribution < 1.29 is 14.7 Å². The molecule has 0 fully saturated rings. The summed E-state index contributed by atoms with van der Waals surface area (Å²) in [5.41, 5.74) is 1.71. The van der Waals surface area contributed by atoms with Crippen LogP contribution in [0.25, 0.3) is 0 Å². The monoisotopic (exact) mass is 261 g/mol. The maximum absolute atomic E-state index is 11.7. The fourth-order valence-corrected chi connectivity index (χ4v) is 1.37. The molecule has 2 amide bonds. The second kappa shape index (κ2) is 7.01. The highest BCUT2D eigenvalue weighted by Gasteiger charge is 2.15. The lowest BCUT2D eigenvalue weighted by molar-refractivity contribution is -0.137. The largest absolute Gasteiger partial charge is 0.480 e. The van der Waals surface area contributed by atoms with E-state index in [2.05, 4.69) is 16.2 Å². The number of rotatable bonds is 5. The molecule has 0 unspecified atom stereocenters. The number of aliphatic carboxylic acids is 1. The molecule has 0 atom stereocenters. The Bertz CT molecular complexity index is 491. The van der Waals surface area contributed by atoms with Gasteiger partial charge >= 0.3 is 12.0 Å². The van der Waals surface area contributed by atoms with E-state index in [4.69, 9.17) is 11.5 Å². The minimum absolute atomic E-state index is 0.0513. The highest BCUT2D eigenvalue weighted by atomic mass is 16.4. The van der Waals surface area contributed by atoms with E-state index < -0.39 is 18.5 Å². The first kappa shape index (κ1) is 14.5. The maximum Gasteiger partial charge on any atom is 0.323 e. The van der Waals surface area contributed by atoms with Crippen LogP contribution in [0.1, 0.15) is 11.3 Å². The highest BCUT2D eigenvalue weighted by Crippen LogP contribution is 1.99. The molecule has 0 aromatic carbocycles. The third kappa shape index (κ3) is 5.08. The van der Waals surface area contributed by atoms with Crippen molar-refractivity contribution in [2.24, 2.45) is 0 Å². The zero-order chi connectivity index (χ0) is 14.3. The predicted octanol–water partition coefficient (Wildman–Crippen LogP) is 0.619. The van der Waals surface area contributed by atoms with Gasteiger partial charge < -0.3 is 15.3 Å². The number of pyridine rings is 1. The molecule has 1 heterocycles. The average Bonchev–Trinajstić information content (AvgIpc) is 2.37. The predicted molar refractivity (Wildman–Crippen MR) is 69.3 cm³/mol. The first-order chi connectivity index (χ1) is 9.02. The maximum atomic E-state index is 11.7. The second-order valence-electron chi connectivity index (χ2n) is 3.92. The molecule has 0 spiro atoms. The zero-order valence-corrected chi connectivity index (χ0v) is 10.6. The van der Waals surface area contributed by atoms with Gasteiger partial charge in [0.05, 0.1) is 6.54 Å². The van der Waals surface area contributed by atoms with Crippen molar-refractivity contribution >= 4 is 12.0 Å². The fraction of sp³-hybridized carbons (Fsp3) is 0.308. The van der Waals surface area contributed by atoms with Crippen LogP contribution in [-0.2, 0) is 11.3 Å². The molecule has 2 N–H and O–H groups in total.